The Morgan fingerprint density at radius 3 is 2.96 bits per heavy atom. The quantitative estimate of drug-likeness (QED) is 0.770. The molecule has 2 fully saturated rings. The van der Waals surface area contributed by atoms with Crippen LogP contribution in [0, 0.1) is 0 Å². The van der Waals surface area contributed by atoms with Gasteiger partial charge in [0.2, 0.25) is 11.8 Å². The third kappa shape index (κ3) is 2.31. The predicted molar refractivity (Wildman–Crippen MR) is 85.1 cm³/mol. The Bertz CT molecular complexity index is 835. The van der Waals surface area contributed by atoms with E-state index in [9.17, 15) is 14.4 Å². The highest BCUT2D eigenvalue weighted by Gasteiger charge is 2.42. The summed E-state index contributed by atoms with van der Waals surface area (Å²) in [5, 5.41) is 6.43. The van der Waals surface area contributed by atoms with Crippen LogP contribution in [0.2, 0.25) is 0 Å². The van der Waals surface area contributed by atoms with Crippen LogP contribution in [-0.2, 0) is 16.6 Å². The molecule has 8 nitrogen and oxygen atoms in total. The number of aryl methyl sites for hydroxylation is 1. The number of carbonyl (C=O) groups is 3. The number of pyridine rings is 1. The van der Waals surface area contributed by atoms with Crippen molar-refractivity contribution >= 4 is 28.8 Å². The van der Waals surface area contributed by atoms with Gasteiger partial charge in [-0.15, -0.1) is 0 Å². The minimum Gasteiger partial charge on any atom is -0.346 e. The standard InChI is InChI=1S/C16H17N5O3/c1-20-5-4-9-2-3-11(19-14(9)20)15(23)18-10-6-12-16(24)17-7-13(22)21(12)8-10/h2-5,10,12H,6-8H2,1H3,(H,17,24)(H,18,23)/t10-,12-/m0/s1. The number of amides is 3. The first kappa shape index (κ1) is 14.7. The Balaban J connectivity index is 1.50. The molecular formula is C16H17N5O3. The summed E-state index contributed by atoms with van der Waals surface area (Å²) >= 11 is 0. The lowest BCUT2D eigenvalue weighted by atomic mass is 10.1. The van der Waals surface area contributed by atoms with Gasteiger partial charge in [0, 0.05) is 31.2 Å². The average Bonchev–Trinajstić information content (AvgIpc) is 3.16. The summed E-state index contributed by atoms with van der Waals surface area (Å²) in [5.41, 5.74) is 1.06. The Morgan fingerprint density at radius 1 is 1.33 bits per heavy atom. The number of fused-ring (bicyclic) bond motifs is 2. The van der Waals surface area contributed by atoms with Crippen LogP contribution in [0.5, 0.6) is 0 Å². The van der Waals surface area contributed by atoms with Crippen LogP contribution in [-0.4, -0.2) is 57.3 Å². The van der Waals surface area contributed by atoms with Crippen molar-refractivity contribution in [3.8, 4) is 0 Å². The molecule has 124 valence electrons. The highest BCUT2D eigenvalue weighted by atomic mass is 16.2. The zero-order valence-corrected chi connectivity index (χ0v) is 13.2. The van der Waals surface area contributed by atoms with Crippen LogP contribution in [0.25, 0.3) is 11.0 Å². The second-order valence-corrected chi connectivity index (χ2v) is 6.22. The molecule has 4 rings (SSSR count). The monoisotopic (exact) mass is 327 g/mol. The molecule has 0 unspecified atom stereocenters. The number of piperazine rings is 1. The number of hydrogen-bond donors (Lipinski definition) is 2. The normalized spacial score (nSPS) is 23.3. The minimum atomic E-state index is -0.486. The molecular weight excluding hydrogens is 310 g/mol. The van der Waals surface area contributed by atoms with E-state index >= 15 is 0 Å². The zero-order valence-electron chi connectivity index (χ0n) is 13.2. The van der Waals surface area contributed by atoms with Crippen molar-refractivity contribution in [2.45, 2.75) is 18.5 Å². The number of carbonyl (C=O) groups excluding carboxylic acids is 3. The summed E-state index contributed by atoms with van der Waals surface area (Å²) in [6.07, 6.45) is 2.31. The molecule has 8 heteroatoms. The average molecular weight is 327 g/mol. The molecule has 2 aromatic rings. The molecule has 2 aliphatic heterocycles. The fraction of sp³-hybridized carbons (Fsp3) is 0.375. The zero-order chi connectivity index (χ0) is 16.8. The first-order chi connectivity index (χ1) is 11.5. The van der Waals surface area contributed by atoms with Crippen molar-refractivity contribution < 1.29 is 14.4 Å². The molecule has 0 spiro atoms. The molecule has 0 bridgehead atoms. The van der Waals surface area contributed by atoms with E-state index in [-0.39, 0.29) is 30.3 Å². The van der Waals surface area contributed by atoms with Crippen molar-refractivity contribution in [1.29, 1.82) is 0 Å². The second kappa shape index (κ2) is 5.33. The summed E-state index contributed by atoms with van der Waals surface area (Å²) < 4.78 is 1.85. The van der Waals surface area contributed by atoms with Gasteiger partial charge in [0.05, 0.1) is 6.54 Å². The summed E-state index contributed by atoms with van der Waals surface area (Å²) in [5.74, 6) is -0.565. The van der Waals surface area contributed by atoms with Crippen LogP contribution >= 0.6 is 0 Å². The smallest absolute Gasteiger partial charge is 0.270 e. The maximum atomic E-state index is 12.5. The minimum absolute atomic E-state index is 0.0295. The summed E-state index contributed by atoms with van der Waals surface area (Å²) in [4.78, 5) is 42.1. The molecule has 0 saturated carbocycles. The SMILES string of the molecule is Cn1ccc2ccc(C(=O)N[C@H]3C[C@H]4C(=O)NCC(=O)N4C3)nc21. The molecule has 0 radical (unpaired) electrons. The number of hydrogen-bond acceptors (Lipinski definition) is 4. The van der Waals surface area contributed by atoms with Gasteiger partial charge in [0.1, 0.15) is 17.4 Å². The molecule has 2 saturated heterocycles. The van der Waals surface area contributed by atoms with Gasteiger partial charge < -0.3 is 20.1 Å². The van der Waals surface area contributed by atoms with Gasteiger partial charge in [-0.3, -0.25) is 14.4 Å². The molecule has 2 N–H and O–H groups in total. The van der Waals surface area contributed by atoms with Crippen LogP contribution in [0.15, 0.2) is 24.4 Å². The summed E-state index contributed by atoms with van der Waals surface area (Å²) in [6, 6.07) is 4.73. The molecule has 2 atom stereocenters. The highest BCUT2D eigenvalue weighted by Crippen LogP contribution is 2.21. The van der Waals surface area contributed by atoms with Crippen molar-refractivity contribution in [3.63, 3.8) is 0 Å². The van der Waals surface area contributed by atoms with E-state index in [1.165, 1.54) is 4.90 Å². The Hall–Kier alpha value is -2.90. The van der Waals surface area contributed by atoms with E-state index in [1.807, 2.05) is 29.9 Å². The first-order valence-corrected chi connectivity index (χ1v) is 7.83. The van der Waals surface area contributed by atoms with Crippen LogP contribution < -0.4 is 10.6 Å². The van der Waals surface area contributed by atoms with Gasteiger partial charge in [0.15, 0.2) is 0 Å². The molecule has 3 amide bonds. The van der Waals surface area contributed by atoms with E-state index in [0.29, 0.717) is 18.7 Å². The maximum absolute atomic E-state index is 12.5. The first-order valence-electron chi connectivity index (χ1n) is 7.83. The number of rotatable bonds is 2. The van der Waals surface area contributed by atoms with Gasteiger partial charge >= 0.3 is 0 Å². The molecule has 2 aromatic heterocycles. The lowest BCUT2D eigenvalue weighted by Crippen LogP contribution is -2.55. The van der Waals surface area contributed by atoms with Crippen LogP contribution in [0.3, 0.4) is 0 Å². The van der Waals surface area contributed by atoms with E-state index in [2.05, 4.69) is 15.6 Å². The van der Waals surface area contributed by atoms with Crippen LogP contribution in [0.1, 0.15) is 16.9 Å². The van der Waals surface area contributed by atoms with E-state index in [1.54, 1.807) is 6.07 Å². The van der Waals surface area contributed by atoms with Gasteiger partial charge in [-0.25, -0.2) is 4.98 Å². The Labute approximate surface area is 137 Å². The molecule has 0 aromatic carbocycles. The van der Waals surface area contributed by atoms with Crippen molar-refractivity contribution in [2.75, 3.05) is 13.1 Å². The maximum Gasteiger partial charge on any atom is 0.270 e. The highest BCUT2D eigenvalue weighted by molar-refractivity contribution is 5.97. The van der Waals surface area contributed by atoms with Crippen LogP contribution in [0.4, 0.5) is 0 Å². The van der Waals surface area contributed by atoms with Crippen molar-refractivity contribution in [2.24, 2.45) is 7.05 Å². The third-order valence-corrected chi connectivity index (χ3v) is 4.62. The second-order valence-electron chi connectivity index (χ2n) is 6.22. The summed E-state index contributed by atoms with van der Waals surface area (Å²) in [7, 11) is 1.87. The van der Waals surface area contributed by atoms with Crippen molar-refractivity contribution in [3.05, 3.63) is 30.1 Å². The van der Waals surface area contributed by atoms with E-state index in [0.717, 1.165) is 11.0 Å². The fourth-order valence-electron chi connectivity index (χ4n) is 3.37. The van der Waals surface area contributed by atoms with E-state index in [4.69, 9.17) is 0 Å². The Kier molecular flexibility index (Phi) is 3.26. The van der Waals surface area contributed by atoms with Gasteiger partial charge in [-0.05, 0) is 24.6 Å². The lowest BCUT2D eigenvalue weighted by molar-refractivity contribution is -0.143. The molecule has 4 heterocycles. The predicted octanol–water partition coefficient (Wildman–Crippen LogP) is -0.598. The van der Waals surface area contributed by atoms with Gasteiger partial charge in [0.25, 0.3) is 5.91 Å². The number of aromatic nitrogens is 2. The summed E-state index contributed by atoms with van der Waals surface area (Å²) in [6.45, 7) is 0.386. The molecule has 0 aliphatic carbocycles. The molecule has 24 heavy (non-hydrogen) atoms. The fourth-order valence-corrected chi connectivity index (χ4v) is 3.37. The topological polar surface area (TPSA) is 96.3 Å². The Morgan fingerprint density at radius 2 is 2.17 bits per heavy atom. The van der Waals surface area contributed by atoms with E-state index < -0.39 is 6.04 Å². The number of nitrogens with zero attached hydrogens (tertiary/aromatic N) is 3. The van der Waals surface area contributed by atoms with Gasteiger partial charge in [-0.2, -0.15) is 0 Å². The van der Waals surface area contributed by atoms with Crippen molar-refractivity contribution in [1.82, 2.24) is 25.1 Å². The number of nitrogens with one attached hydrogen (secondary N) is 2. The third-order valence-electron chi connectivity index (χ3n) is 4.62. The largest absolute Gasteiger partial charge is 0.346 e. The van der Waals surface area contributed by atoms with Gasteiger partial charge in [-0.1, -0.05) is 0 Å². The molecule has 2 aliphatic rings. The lowest BCUT2D eigenvalue weighted by Gasteiger charge is -2.28.